The number of morpholine rings is 1. The molecule has 1 saturated heterocycles. The molecule has 1 aromatic rings. The van der Waals surface area contributed by atoms with Crippen molar-refractivity contribution < 1.29 is 4.74 Å². The van der Waals surface area contributed by atoms with Gasteiger partial charge in [-0.05, 0) is 24.6 Å². The number of rotatable bonds is 2. The van der Waals surface area contributed by atoms with Crippen molar-refractivity contribution in [2.75, 3.05) is 19.7 Å². The smallest absolute Gasteiger partial charge is 0.124 e. The van der Waals surface area contributed by atoms with E-state index in [1.807, 2.05) is 31.2 Å². The molecular formula is C13H15BrN2O. The van der Waals surface area contributed by atoms with E-state index in [2.05, 4.69) is 26.9 Å². The van der Waals surface area contributed by atoms with Crippen molar-refractivity contribution in [2.45, 2.75) is 19.1 Å². The van der Waals surface area contributed by atoms with Gasteiger partial charge in [-0.3, -0.25) is 4.90 Å². The molecule has 17 heavy (non-hydrogen) atoms. The molecule has 0 saturated carbocycles. The lowest BCUT2D eigenvalue weighted by Crippen LogP contribution is -2.42. The van der Waals surface area contributed by atoms with Crippen molar-refractivity contribution in [1.29, 1.82) is 5.26 Å². The highest BCUT2D eigenvalue weighted by molar-refractivity contribution is 9.10. The van der Waals surface area contributed by atoms with Gasteiger partial charge in [0.25, 0.3) is 0 Å². The molecule has 90 valence electrons. The quantitative estimate of drug-likeness (QED) is 0.841. The van der Waals surface area contributed by atoms with Gasteiger partial charge in [-0.15, -0.1) is 0 Å². The molecule has 2 rings (SSSR count). The summed E-state index contributed by atoms with van der Waals surface area (Å²) < 4.78 is 6.51. The number of nitriles is 1. The molecule has 1 fully saturated rings. The molecule has 0 aromatic heterocycles. The third-order valence-corrected chi connectivity index (χ3v) is 3.42. The molecule has 1 aliphatic rings. The number of hydrogen-bond acceptors (Lipinski definition) is 3. The summed E-state index contributed by atoms with van der Waals surface area (Å²) in [5, 5.41) is 9.36. The zero-order valence-corrected chi connectivity index (χ0v) is 11.4. The number of halogens is 1. The van der Waals surface area contributed by atoms with Gasteiger partial charge in [0.05, 0.1) is 18.8 Å². The van der Waals surface area contributed by atoms with Gasteiger partial charge in [-0.25, -0.2) is 0 Å². The Balaban J connectivity index is 2.19. The second kappa shape index (κ2) is 5.63. The Hall–Kier alpha value is -0.890. The van der Waals surface area contributed by atoms with Crippen molar-refractivity contribution in [3.8, 4) is 6.07 Å². The van der Waals surface area contributed by atoms with Gasteiger partial charge >= 0.3 is 0 Å². The molecule has 3 nitrogen and oxygen atoms in total. The Bertz CT molecular complexity index is 430. The fourth-order valence-electron chi connectivity index (χ4n) is 2.12. The van der Waals surface area contributed by atoms with Gasteiger partial charge in [0.1, 0.15) is 6.04 Å². The molecule has 1 aliphatic heterocycles. The molecule has 1 heterocycles. The topological polar surface area (TPSA) is 36.3 Å². The van der Waals surface area contributed by atoms with E-state index in [0.717, 1.165) is 23.1 Å². The summed E-state index contributed by atoms with van der Waals surface area (Å²) in [4.78, 5) is 2.18. The Morgan fingerprint density at radius 2 is 2.41 bits per heavy atom. The first-order valence-corrected chi connectivity index (χ1v) is 6.50. The SMILES string of the molecule is CC1CN(C(C#N)c2cccc(Br)c2)CCO1. The molecule has 1 aromatic carbocycles. The zero-order chi connectivity index (χ0) is 12.3. The van der Waals surface area contributed by atoms with Crippen LogP contribution in [0.15, 0.2) is 28.7 Å². The van der Waals surface area contributed by atoms with E-state index in [0.29, 0.717) is 6.61 Å². The summed E-state index contributed by atoms with van der Waals surface area (Å²) in [6.45, 7) is 4.37. The van der Waals surface area contributed by atoms with Crippen LogP contribution < -0.4 is 0 Å². The molecular weight excluding hydrogens is 280 g/mol. The Kier molecular flexibility index (Phi) is 4.16. The molecule has 0 aliphatic carbocycles. The fraction of sp³-hybridized carbons (Fsp3) is 0.462. The number of hydrogen-bond donors (Lipinski definition) is 0. The maximum Gasteiger partial charge on any atom is 0.124 e. The average molecular weight is 295 g/mol. The summed E-state index contributed by atoms with van der Waals surface area (Å²) in [6, 6.07) is 10.1. The van der Waals surface area contributed by atoms with Crippen LogP contribution in [0, 0.1) is 11.3 Å². The molecule has 0 bridgehead atoms. The first-order valence-electron chi connectivity index (χ1n) is 5.71. The number of nitrogens with zero attached hydrogens (tertiary/aromatic N) is 2. The fourth-order valence-corrected chi connectivity index (χ4v) is 2.54. The van der Waals surface area contributed by atoms with Gasteiger partial charge in [0.15, 0.2) is 0 Å². The van der Waals surface area contributed by atoms with Crippen molar-refractivity contribution in [2.24, 2.45) is 0 Å². The standard InChI is InChI=1S/C13H15BrN2O/c1-10-9-16(5-6-17-10)13(8-15)11-3-2-4-12(14)7-11/h2-4,7,10,13H,5-6,9H2,1H3. The zero-order valence-electron chi connectivity index (χ0n) is 9.77. The third-order valence-electron chi connectivity index (χ3n) is 2.92. The highest BCUT2D eigenvalue weighted by atomic mass is 79.9. The lowest BCUT2D eigenvalue weighted by Gasteiger charge is -2.34. The van der Waals surface area contributed by atoms with Crippen LogP contribution in [0.2, 0.25) is 0 Å². The van der Waals surface area contributed by atoms with Crippen molar-refractivity contribution in [3.63, 3.8) is 0 Å². The van der Waals surface area contributed by atoms with Crippen molar-refractivity contribution in [1.82, 2.24) is 4.90 Å². The Labute approximate surface area is 110 Å². The molecule has 0 N–H and O–H groups in total. The maximum atomic E-state index is 9.36. The van der Waals surface area contributed by atoms with Gasteiger partial charge in [0.2, 0.25) is 0 Å². The highest BCUT2D eigenvalue weighted by Gasteiger charge is 2.25. The largest absolute Gasteiger partial charge is 0.376 e. The summed E-state index contributed by atoms with van der Waals surface area (Å²) in [6.07, 6.45) is 0.201. The summed E-state index contributed by atoms with van der Waals surface area (Å²) in [5.74, 6) is 0. The van der Waals surface area contributed by atoms with Crippen LogP contribution in [0.3, 0.4) is 0 Å². The van der Waals surface area contributed by atoms with E-state index in [1.54, 1.807) is 0 Å². The lowest BCUT2D eigenvalue weighted by molar-refractivity contribution is -0.0269. The molecule has 2 atom stereocenters. The summed E-state index contributed by atoms with van der Waals surface area (Å²) >= 11 is 3.44. The molecule has 0 spiro atoms. The van der Waals surface area contributed by atoms with E-state index in [9.17, 15) is 5.26 Å². The maximum absolute atomic E-state index is 9.36. The minimum atomic E-state index is -0.182. The van der Waals surface area contributed by atoms with Crippen LogP contribution in [0.4, 0.5) is 0 Å². The van der Waals surface area contributed by atoms with E-state index in [1.165, 1.54) is 0 Å². The normalized spacial score (nSPS) is 23.0. The Morgan fingerprint density at radius 3 is 3.06 bits per heavy atom. The Morgan fingerprint density at radius 1 is 1.59 bits per heavy atom. The monoisotopic (exact) mass is 294 g/mol. The van der Waals surface area contributed by atoms with E-state index >= 15 is 0 Å². The lowest BCUT2D eigenvalue weighted by atomic mass is 10.1. The van der Waals surface area contributed by atoms with Crippen LogP contribution in [-0.2, 0) is 4.74 Å². The number of ether oxygens (including phenoxy) is 1. The van der Waals surface area contributed by atoms with Crippen LogP contribution in [-0.4, -0.2) is 30.7 Å². The van der Waals surface area contributed by atoms with Crippen molar-refractivity contribution in [3.05, 3.63) is 34.3 Å². The van der Waals surface area contributed by atoms with E-state index in [-0.39, 0.29) is 12.1 Å². The van der Waals surface area contributed by atoms with E-state index in [4.69, 9.17) is 4.74 Å². The molecule has 4 heteroatoms. The van der Waals surface area contributed by atoms with Crippen molar-refractivity contribution >= 4 is 15.9 Å². The predicted molar refractivity (Wildman–Crippen MR) is 69.5 cm³/mol. The second-order valence-electron chi connectivity index (χ2n) is 4.26. The van der Waals surface area contributed by atoms with Gasteiger partial charge < -0.3 is 4.74 Å². The van der Waals surface area contributed by atoms with Crippen LogP contribution in [0.1, 0.15) is 18.5 Å². The van der Waals surface area contributed by atoms with Crippen LogP contribution in [0.5, 0.6) is 0 Å². The average Bonchev–Trinajstić information content (AvgIpc) is 2.30. The first-order chi connectivity index (χ1) is 8.20. The first kappa shape index (κ1) is 12.6. The molecule has 2 unspecified atom stereocenters. The summed E-state index contributed by atoms with van der Waals surface area (Å²) in [5.41, 5.74) is 1.04. The predicted octanol–water partition coefficient (Wildman–Crippen LogP) is 2.73. The third kappa shape index (κ3) is 3.06. The van der Waals surface area contributed by atoms with Gasteiger partial charge in [0, 0.05) is 17.6 Å². The second-order valence-corrected chi connectivity index (χ2v) is 5.18. The summed E-state index contributed by atoms with van der Waals surface area (Å²) in [7, 11) is 0. The highest BCUT2D eigenvalue weighted by Crippen LogP contribution is 2.24. The molecule has 0 radical (unpaired) electrons. The molecule has 0 amide bonds. The number of benzene rings is 1. The van der Waals surface area contributed by atoms with Gasteiger partial charge in [-0.2, -0.15) is 5.26 Å². The van der Waals surface area contributed by atoms with Gasteiger partial charge in [-0.1, -0.05) is 28.1 Å². The van der Waals surface area contributed by atoms with Crippen LogP contribution in [0.25, 0.3) is 0 Å². The minimum absolute atomic E-state index is 0.182. The van der Waals surface area contributed by atoms with Crippen LogP contribution >= 0.6 is 15.9 Å². The van der Waals surface area contributed by atoms with E-state index < -0.39 is 0 Å². The minimum Gasteiger partial charge on any atom is -0.376 e.